The molecule has 0 radical (unpaired) electrons. The second-order valence-corrected chi connectivity index (χ2v) is 7.35. The second kappa shape index (κ2) is 8.31. The van der Waals surface area contributed by atoms with Crippen molar-refractivity contribution in [3.05, 3.63) is 90.0 Å². The molecule has 5 heteroatoms. The highest BCUT2D eigenvalue weighted by atomic mass is 32.2. The van der Waals surface area contributed by atoms with Crippen LogP contribution in [0.15, 0.2) is 84.0 Å². The Balaban J connectivity index is 1.81. The SMILES string of the molecule is COc1ccccc1-c1nnc(SCc2ccccc2)n1-c1ccccc1C. The van der Waals surface area contributed by atoms with Crippen molar-refractivity contribution in [2.75, 3.05) is 7.11 Å². The standard InChI is InChI=1S/C23H21N3OS/c1-17-10-6-8-14-20(17)26-22(19-13-7-9-15-21(19)27-2)24-25-23(26)28-16-18-11-4-3-5-12-18/h3-15H,16H2,1-2H3. The lowest BCUT2D eigenvalue weighted by Crippen LogP contribution is -2.02. The second-order valence-electron chi connectivity index (χ2n) is 6.40. The van der Waals surface area contributed by atoms with Gasteiger partial charge in [-0.25, -0.2) is 0 Å². The fourth-order valence-electron chi connectivity index (χ4n) is 3.12. The Hall–Kier alpha value is -3.05. The van der Waals surface area contributed by atoms with E-state index in [-0.39, 0.29) is 0 Å². The van der Waals surface area contributed by atoms with Crippen LogP contribution in [0.1, 0.15) is 11.1 Å². The minimum absolute atomic E-state index is 0.780. The zero-order valence-electron chi connectivity index (χ0n) is 15.9. The van der Waals surface area contributed by atoms with Crippen molar-refractivity contribution in [2.45, 2.75) is 17.8 Å². The van der Waals surface area contributed by atoms with E-state index in [1.54, 1.807) is 18.9 Å². The molecule has 0 amide bonds. The molecule has 0 spiro atoms. The lowest BCUT2D eigenvalue weighted by molar-refractivity contribution is 0.416. The summed E-state index contributed by atoms with van der Waals surface area (Å²) >= 11 is 1.68. The maximum Gasteiger partial charge on any atom is 0.196 e. The van der Waals surface area contributed by atoms with Crippen LogP contribution in [0.25, 0.3) is 17.1 Å². The van der Waals surface area contributed by atoms with E-state index in [2.05, 4.69) is 58.1 Å². The molecular formula is C23H21N3OS. The molecule has 3 aromatic carbocycles. The van der Waals surface area contributed by atoms with Gasteiger partial charge in [0.1, 0.15) is 5.75 Å². The van der Waals surface area contributed by atoms with Crippen LogP contribution < -0.4 is 4.74 Å². The molecule has 0 saturated heterocycles. The summed E-state index contributed by atoms with van der Waals surface area (Å²) in [6.45, 7) is 2.10. The smallest absolute Gasteiger partial charge is 0.196 e. The quantitative estimate of drug-likeness (QED) is 0.407. The molecule has 1 heterocycles. The van der Waals surface area contributed by atoms with Crippen molar-refractivity contribution < 1.29 is 4.74 Å². The number of para-hydroxylation sites is 2. The van der Waals surface area contributed by atoms with Gasteiger partial charge in [0.15, 0.2) is 11.0 Å². The summed E-state index contributed by atoms with van der Waals surface area (Å²) in [5, 5.41) is 9.92. The van der Waals surface area contributed by atoms with Crippen LogP contribution in [0.4, 0.5) is 0 Å². The van der Waals surface area contributed by atoms with Gasteiger partial charge in [0.2, 0.25) is 0 Å². The molecule has 0 saturated carbocycles. The highest BCUT2D eigenvalue weighted by Crippen LogP contribution is 2.34. The van der Waals surface area contributed by atoms with Crippen LogP contribution in [0.3, 0.4) is 0 Å². The predicted molar refractivity (Wildman–Crippen MR) is 114 cm³/mol. The van der Waals surface area contributed by atoms with Crippen LogP contribution in [-0.2, 0) is 5.75 Å². The molecule has 0 N–H and O–H groups in total. The van der Waals surface area contributed by atoms with E-state index >= 15 is 0 Å². The Kier molecular flexibility index (Phi) is 5.44. The van der Waals surface area contributed by atoms with Gasteiger partial charge in [-0.15, -0.1) is 10.2 Å². The number of methoxy groups -OCH3 is 1. The maximum atomic E-state index is 5.57. The average molecular weight is 388 g/mol. The van der Waals surface area contributed by atoms with E-state index in [1.807, 2.05) is 42.5 Å². The molecule has 0 bridgehead atoms. The Morgan fingerprint density at radius 3 is 2.36 bits per heavy atom. The molecule has 0 fully saturated rings. The summed E-state index contributed by atoms with van der Waals surface area (Å²) in [7, 11) is 1.68. The summed E-state index contributed by atoms with van der Waals surface area (Å²) < 4.78 is 7.70. The summed E-state index contributed by atoms with van der Waals surface area (Å²) in [6.07, 6.45) is 0. The average Bonchev–Trinajstić information content (AvgIpc) is 3.17. The lowest BCUT2D eigenvalue weighted by Gasteiger charge is -2.14. The van der Waals surface area contributed by atoms with Crippen LogP contribution in [0.2, 0.25) is 0 Å². The number of hydrogen-bond donors (Lipinski definition) is 0. The third-order valence-corrected chi connectivity index (χ3v) is 5.55. The highest BCUT2D eigenvalue weighted by molar-refractivity contribution is 7.98. The van der Waals surface area contributed by atoms with Gasteiger partial charge in [-0.2, -0.15) is 0 Å². The molecule has 0 aliphatic rings. The van der Waals surface area contributed by atoms with E-state index in [1.165, 1.54) is 11.1 Å². The van der Waals surface area contributed by atoms with Crippen molar-refractivity contribution in [3.8, 4) is 22.8 Å². The molecule has 0 aliphatic heterocycles. The topological polar surface area (TPSA) is 39.9 Å². The number of aromatic nitrogens is 3. The van der Waals surface area contributed by atoms with Crippen LogP contribution in [-0.4, -0.2) is 21.9 Å². The first-order valence-electron chi connectivity index (χ1n) is 9.09. The molecular weight excluding hydrogens is 366 g/mol. The largest absolute Gasteiger partial charge is 0.496 e. The fourth-order valence-corrected chi connectivity index (χ4v) is 4.02. The molecule has 0 unspecified atom stereocenters. The molecule has 140 valence electrons. The zero-order valence-corrected chi connectivity index (χ0v) is 16.7. The first kappa shape index (κ1) is 18.3. The molecule has 4 nitrogen and oxygen atoms in total. The van der Waals surface area contributed by atoms with Crippen molar-refractivity contribution >= 4 is 11.8 Å². The molecule has 4 rings (SSSR count). The van der Waals surface area contributed by atoms with Gasteiger partial charge in [-0.1, -0.05) is 72.4 Å². The van der Waals surface area contributed by atoms with Gasteiger partial charge < -0.3 is 4.74 Å². The Morgan fingerprint density at radius 1 is 0.857 bits per heavy atom. The van der Waals surface area contributed by atoms with Crippen molar-refractivity contribution in [1.29, 1.82) is 0 Å². The van der Waals surface area contributed by atoms with Crippen molar-refractivity contribution in [2.24, 2.45) is 0 Å². The molecule has 0 aliphatic carbocycles. The highest BCUT2D eigenvalue weighted by Gasteiger charge is 2.19. The van der Waals surface area contributed by atoms with Crippen molar-refractivity contribution in [1.82, 2.24) is 14.8 Å². The number of ether oxygens (including phenoxy) is 1. The molecule has 0 atom stereocenters. The first-order chi connectivity index (χ1) is 13.8. The number of rotatable bonds is 6. The fraction of sp³-hybridized carbons (Fsp3) is 0.130. The van der Waals surface area contributed by atoms with Gasteiger partial charge >= 0.3 is 0 Å². The monoisotopic (exact) mass is 387 g/mol. The van der Waals surface area contributed by atoms with Gasteiger partial charge in [-0.05, 0) is 36.2 Å². The van der Waals surface area contributed by atoms with E-state index in [9.17, 15) is 0 Å². The van der Waals surface area contributed by atoms with E-state index in [0.717, 1.165) is 33.7 Å². The van der Waals surface area contributed by atoms with Crippen LogP contribution in [0, 0.1) is 6.92 Å². The Bertz CT molecular complexity index is 1080. The third-order valence-electron chi connectivity index (χ3n) is 4.55. The molecule has 4 aromatic rings. The molecule has 28 heavy (non-hydrogen) atoms. The van der Waals surface area contributed by atoms with Crippen LogP contribution in [0.5, 0.6) is 5.75 Å². The van der Waals surface area contributed by atoms with Crippen LogP contribution >= 0.6 is 11.8 Å². The summed E-state index contributed by atoms with van der Waals surface area (Å²) in [4.78, 5) is 0. The summed E-state index contributed by atoms with van der Waals surface area (Å²) in [5.74, 6) is 2.39. The minimum atomic E-state index is 0.780. The number of nitrogens with zero attached hydrogens (tertiary/aromatic N) is 3. The third kappa shape index (κ3) is 3.66. The van der Waals surface area contributed by atoms with Gasteiger partial charge in [0.25, 0.3) is 0 Å². The number of aryl methyl sites for hydroxylation is 1. The van der Waals surface area contributed by atoms with Crippen molar-refractivity contribution in [3.63, 3.8) is 0 Å². The normalized spacial score (nSPS) is 10.8. The lowest BCUT2D eigenvalue weighted by atomic mass is 10.1. The number of thioether (sulfide) groups is 1. The van der Waals surface area contributed by atoms with Gasteiger partial charge in [-0.3, -0.25) is 4.57 Å². The Morgan fingerprint density at radius 2 is 1.57 bits per heavy atom. The van der Waals surface area contributed by atoms with E-state index in [4.69, 9.17) is 4.74 Å². The first-order valence-corrected chi connectivity index (χ1v) is 10.1. The van der Waals surface area contributed by atoms with E-state index in [0.29, 0.717) is 0 Å². The molecule has 1 aromatic heterocycles. The minimum Gasteiger partial charge on any atom is -0.496 e. The number of hydrogen-bond acceptors (Lipinski definition) is 4. The Labute approximate surface area is 169 Å². The van der Waals surface area contributed by atoms with Gasteiger partial charge in [0.05, 0.1) is 18.4 Å². The predicted octanol–water partition coefficient (Wildman–Crippen LogP) is 5.54. The number of benzene rings is 3. The summed E-state index contributed by atoms with van der Waals surface area (Å²) in [6, 6.07) is 26.6. The maximum absolute atomic E-state index is 5.57. The zero-order chi connectivity index (χ0) is 19.3. The summed E-state index contributed by atoms with van der Waals surface area (Å²) in [5.41, 5.74) is 4.42. The van der Waals surface area contributed by atoms with E-state index < -0.39 is 0 Å². The van der Waals surface area contributed by atoms with Gasteiger partial charge in [0, 0.05) is 5.75 Å².